The molecule has 1 aliphatic rings. The molecule has 17 heavy (non-hydrogen) atoms. The number of anilines is 1. The van der Waals surface area contributed by atoms with Gasteiger partial charge in [0, 0.05) is 33.1 Å². The summed E-state index contributed by atoms with van der Waals surface area (Å²) >= 11 is 0. The van der Waals surface area contributed by atoms with Crippen molar-refractivity contribution in [2.45, 2.75) is 18.3 Å². The van der Waals surface area contributed by atoms with Crippen LogP contribution in [0.1, 0.15) is 18.4 Å². The van der Waals surface area contributed by atoms with Crippen LogP contribution in [-0.2, 0) is 15.0 Å². The van der Waals surface area contributed by atoms with Crippen molar-refractivity contribution in [1.29, 1.82) is 0 Å². The molecule has 0 aliphatic heterocycles. The third kappa shape index (κ3) is 1.77. The fourth-order valence-electron chi connectivity index (χ4n) is 2.03. The average Bonchev–Trinajstić information content (AvgIpc) is 2.24. The Hall–Kier alpha value is -1.91. The molecule has 0 bridgehead atoms. The van der Waals surface area contributed by atoms with E-state index < -0.39 is 11.4 Å². The summed E-state index contributed by atoms with van der Waals surface area (Å²) < 4.78 is 0. The van der Waals surface area contributed by atoms with E-state index in [0.29, 0.717) is 5.56 Å². The highest BCUT2D eigenvalue weighted by atomic mass is 16.4. The minimum absolute atomic E-state index is 0.0101. The van der Waals surface area contributed by atoms with Crippen molar-refractivity contribution in [1.82, 2.24) is 4.98 Å². The Bertz CT molecular complexity index is 457. The summed E-state index contributed by atoms with van der Waals surface area (Å²) in [4.78, 5) is 28.4. The Morgan fingerprint density at radius 1 is 1.41 bits per heavy atom. The Balaban J connectivity index is 2.33. The van der Waals surface area contributed by atoms with Crippen molar-refractivity contribution in [3.63, 3.8) is 0 Å². The molecule has 0 spiro atoms. The Labute approximate surface area is 99.1 Å². The third-order valence-corrected chi connectivity index (χ3v) is 3.17. The van der Waals surface area contributed by atoms with E-state index in [2.05, 4.69) is 4.98 Å². The Morgan fingerprint density at radius 2 is 2.06 bits per heavy atom. The van der Waals surface area contributed by atoms with Gasteiger partial charge in [-0.25, -0.2) is 4.98 Å². The van der Waals surface area contributed by atoms with E-state index in [1.165, 1.54) is 0 Å². The summed E-state index contributed by atoms with van der Waals surface area (Å²) in [6.45, 7) is 0. The summed E-state index contributed by atoms with van der Waals surface area (Å²) in [6.07, 6.45) is 1.70. The zero-order valence-electron chi connectivity index (χ0n) is 9.80. The van der Waals surface area contributed by atoms with E-state index in [0.717, 1.165) is 5.82 Å². The first-order valence-electron chi connectivity index (χ1n) is 5.35. The van der Waals surface area contributed by atoms with Gasteiger partial charge in [-0.15, -0.1) is 0 Å². The molecular formula is C12H14N2O3. The van der Waals surface area contributed by atoms with Crippen LogP contribution in [0.25, 0.3) is 0 Å². The third-order valence-electron chi connectivity index (χ3n) is 3.17. The van der Waals surface area contributed by atoms with Gasteiger partial charge in [0.15, 0.2) is 0 Å². The van der Waals surface area contributed by atoms with Crippen LogP contribution in [0.5, 0.6) is 0 Å². The van der Waals surface area contributed by atoms with Gasteiger partial charge >= 0.3 is 5.97 Å². The van der Waals surface area contributed by atoms with E-state index in [-0.39, 0.29) is 18.6 Å². The van der Waals surface area contributed by atoms with E-state index in [1.807, 2.05) is 19.0 Å². The first kappa shape index (κ1) is 11.6. The summed E-state index contributed by atoms with van der Waals surface area (Å²) in [6, 6.07) is 3.51. The van der Waals surface area contributed by atoms with Gasteiger partial charge in [-0.2, -0.15) is 0 Å². The highest BCUT2D eigenvalue weighted by Crippen LogP contribution is 2.41. The second-order valence-corrected chi connectivity index (χ2v) is 4.58. The van der Waals surface area contributed by atoms with Crippen molar-refractivity contribution >= 4 is 17.6 Å². The lowest BCUT2D eigenvalue weighted by atomic mass is 9.64. The number of Topliss-reactive ketones (excluding diaryl/α,β-unsaturated/α-hetero) is 1. The monoisotopic (exact) mass is 234 g/mol. The normalized spacial score (nSPS) is 17.4. The van der Waals surface area contributed by atoms with Gasteiger partial charge in [0.2, 0.25) is 0 Å². The van der Waals surface area contributed by atoms with Crippen LogP contribution in [0.2, 0.25) is 0 Å². The van der Waals surface area contributed by atoms with Crippen LogP contribution in [0, 0.1) is 0 Å². The van der Waals surface area contributed by atoms with Gasteiger partial charge in [-0.3, -0.25) is 9.59 Å². The topological polar surface area (TPSA) is 70.5 Å². The highest BCUT2D eigenvalue weighted by Gasteiger charge is 2.51. The highest BCUT2D eigenvalue weighted by molar-refractivity contribution is 6.01. The lowest BCUT2D eigenvalue weighted by Crippen LogP contribution is -2.48. The number of rotatable bonds is 3. The van der Waals surface area contributed by atoms with Crippen LogP contribution >= 0.6 is 0 Å². The molecular weight excluding hydrogens is 220 g/mol. The number of ketones is 1. The number of pyridine rings is 1. The number of carbonyl (C=O) groups excluding carboxylic acids is 1. The Morgan fingerprint density at radius 3 is 2.41 bits per heavy atom. The molecule has 0 amide bonds. The molecule has 0 radical (unpaired) electrons. The van der Waals surface area contributed by atoms with E-state index in [9.17, 15) is 14.7 Å². The predicted octanol–water partition coefficient (Wildman–Crippen LogP) is 0.833. The van der Waals surface area contributed by atoms with E-state index >= 15 is 0 Å². The van der Waals surface area contributed by atoms with Crippen molar-refractivity contribution < 1.29 is 14.7 Å². The lowest BCUT2D eigenvalue weighted by Gasteiger charge is -2.36. The molecule has 1 aromatic rings. The maximum atomic E-state index is 11.3. The molecule has 1 aliphatic carbocycles. The molecule has 1 saturated carbocycles. The van der Waals surface area contributed by atoms with Gasteiger partial charge in [-0.1, -0.05) is 6.07 Å². The number of carboxylic acid groups (broad SMARTS) is 1. The molecule has 0 unspecified atom stereocenters. The minimum atomic E-state index is -1.05. The fraction of sp³-hybridized carbons (Fsp3) is 0.417. The molecule has 90 valence electrons. The van der Waals surface area contributed by atoms with Crippen LogP contribution in [-0.4, -0.2) is 35.9 Å². The number of hydrogen-bond donors (Lipinski definition) is 1. The van der Waals surface area contributed by atoms with Crippen molar-refractivity contribution in [3.8, 4) is 0 Å². The quantitative estimate of drug-likeness (QED) is 0.838. The maximum absolute atomic E-state index is 11.3. The molecule has 0 saturated heterocycles. The largest absolute Gasteiger partial charge is 0.481 e. The summed E-state index contributed by atoms with van der Waals surface area (Å²) in [5.41, 5.74) is -0.440. The second kappa shape index (κ2) is 3.84. The smallest absolute Gasteiger partial charge is 0.315 e. The average molecular weight is 234 g/mol. The van der Waals surface area contributed by atoms with Gasteiger partial charge in [-0.05, 0) is 11.6 Å². The molecule has 1 heterocycles. The zero-order chi connectivity index (χ0) is 12.6. The second-order valence-electron chi connectivity index (χ2n) is 4.58. The van der Waals surface area contributed by atoms with Gasteiger partial charge < -0.3 is 10.0 Å². The van der Waals surface area contributed by atoms with E-state index in [4.69, 9.17) is 0 Å². The number of hydrogen-bond acceptors (Lipinski definition) is 4. The molecule has 5 nitrogen and oxygen atoms in total. The van der Waals surface area contributed by atoms with Crippen molar-refractivity contribution in [2.75, 3.05) is 19.0 Å². The zero-order valence-corrected chi connectivity index (χ0v) is 9.80. The molecule has 1 fully saturated rings. The number of carbonyl (C=O) groups is 2. The number of nitrogens with zero attached hydrogens (tertiary/aromatic N) is 2. The molecule has 2 rings (SSSR count). The van der Waals surface area contributed by atoms with E-state index in [1.54, 1.807) is 18.3 Å². The summed E-state index contributed by atoms with van der Waals surface area (Å²) in [5.74, 6) is -0.194. The van der Waals surface area contributed by atoms with Gasteiger partial charge in [0.25, 0.3) is 0 Å². The summed E-state index contributed by atoms with van der Waals surface area (Å²) in [5, 5.41) is 9.24. The number of carboxylic acids is 1. The fourth-order valence-corrected chi connectivity index (χ4v) is 2.03. The van der Waals surface area contributed by atoms with Crippen molar-refractivity contribution in [2.24, 2.45) is 0 Å². The van der Waals surface area contributed by atoms with Crippen LogP contribution in [0.3, 0.4) is 0 Å². The summed E-state index contributed by atoms with van der Waals surface area (Å²) in [7, 11) is 3.73. The SMILES string of the molecule is CN(C)c1ccc(C2(C(=O)O)CC(=O)C2)cn1. The molecule has 0 atom stereocenters. The van der Waals surface area contributed by atoms with Gasteiger partial charge in [0.05, 0.1) is 0 Å². The Kier molecular flexibility index (Phi) is 2.61. The molecule has 1 N–H and O–H groups in total. The van der Waals surface area contributed by atoms with Crippen LogP contribution < -0.4 is 4.90 Å². The number of aromatic nitrogens is 1. The standard InChI is InChI=1S/C12H14N2O3/c1-14(2)10-4-3-8(7-13-10)12(11(16)17)5-9(15)6-12/h3-4,7H,5-6H2,1-2H3,(H,16,17). The van der Waals surface area contributed by atoms with Crippen molar-refractivity contribution in [3.05, 3.63) is 23.9 Å². The lowest BCUT2D eigenvalue weighted by molar-refractivity contribution is -0.153. The molecule has 1 aromatic heterocycles. The first-order valence-corrected chi connectivity index (χ1v) is 5.35. The minimum Gasteiger partial charge on any atom is -0.481 e. The molecule has 0 aromatic carbocycles. The molecule has 5 heteroatoms. The van der Waals surface area contributed by atoms with Crippen LogP contribution in [0.4, 0.5) is 5.82 Å². The predicted molar refractivity (Wildman–Crippen MR) is 62.1 cm³/mol. The first-order chi connectivity index (χ1) is 7.95. The number of aliphatic carboxylic acids is 1. The van der Waals surface area contributed by atoms with Crippen LogP contribution in [0.15, 0.2) is 18.3 Å². The van der Waals surface area contributed by atoms with Gasteiger partial charge in [0.1, 0.15) is 17.0 Å². The maximum Gasteiger partial charge on any atom is 0.315 e.